The zero-order valence-corrected chi connectivity index (χ0v) is 12.1. The van der Waals surface area contributed by atoms with E-state index in [0.717, 1.165) is 5.56 Å². The smallest absolute Gasteiger partial charge is 0.142 e. The first-order valence-electron chi connectivity index (χ1n) is 6.61. The van der Waals surface area contributed by atoms with Gasteiger partial charge < -0.3 is 15.6 Å². The lowest BCUT2D eigenvalue weighted by atomic mass is 10.0. The average Bonchev–Trinajstić information content (AvgIpc) is 2.49. The normalized spacial score (nSPS) is 13.7. The van der Waals surface area contributed by atoms with Crippen molar-refractivity contribution in [3.05, 3.63) is 64.9 Å². The van der Waals surface area contributed by atoms with Gasteiger partial charge in [0.05, 0.1) is 5.02 Å². The zero-order valence-electron chi connectivity index (χ0n) is 11.4. The molecule has 0 bridgehead atoms. The zero-order chi connectivity index (χ0) is 15.2. The quantitative estimate of drug-likeness (QED) is 0.862. The van der Waals surface area contributed by atoms with Crippen LogP contribution in [-0.2, 0) is 6.42 Å². The van der Waals surface area contributed by atoms with Gasteiger partial charge in [0, 0.05) is 12.1 Å². The van der Waals surface area contributed by atoms with Gasteiger partial charge in [0.25, 0.3) is 0 Å². The van der Waals surface area contributed by atoms with E-state index in [0.29, 0.717) is 12.2 Å². The van der Waals surface area contributed by atoms with Gasteiger partial charge >= 0.3 is 0 Å². The summed E-state index contributed by atoms with van der Waals surface area (Å²) in [6, 6.07) is 13.3. The molecule has 0 aliphatic heterocycles. The van der Waals surface area contributed by atoms with E-state index in [9.17, 15) is 9.50 Å². The summed E-state index contributed by atoms with van der Waals surface area (Å²) in [5.74, 6) is -0.113. The Bertz CT molecular complexity index is 580. The molecule has 0 aliphatic rings. The van der Waals surface area contributed by atoms with Crippen molar-refractivity contribution in [3.8, 4) is 5.75 Å². The van der Waals surface area contributed by atoms with Crippen LogP contribution in [0, 0.1) is 5.82 Å². The predicted octanol–water partition coefficient (Wildman–Crippen LogP) is 2.79. The van der Waals surface area contributed by atoms with Gasteiger partial charge in [-0.2, -0.15) is 0 Å². The van der Waals surface area contributed by atoms with E-state index >= 15 is 0 Å². The number of rotatable bonds is 6. The summed E-state index contributed by atoms with van der Waals surface area (Å²) in [6.07, 6.45) is -0.274. The Balaban J connectivity index is 1.86. The van der Waals surface area contributed by atoms with Gasteiger partial charge in [0.1, 0.15) is 24.3 Å². The van der Waals surface area contributed by atoms with E-state index < -0.39 is 18.0 Å². The van der Waals surface area contributed by atoms with Crippen LogP contribution in [0.2, 0.25) is 5.02 Å². The molecule has 2 aromatic carbocycles. The highest BCUT2D eigenvalue weighted by molar-refractivity contribution is 6.30. The molecule has 2 atom stereocenters. The fourth-order valence-corrected chi connectivity index (χ4v) is 2.06. The highest BCUT2D eigenvalue weighted by atomic mass is 35.5. The van der Waals surface area contributed by atoms with Crippen LogP contribution < -0.4 is 10.5 Å². The van der Waals surface area contributed by atoms with Gasteiger partial charge in [0.2, 0.25) is 0 Å². The molecular weight excluding hydrogens is 293 g/mol. The van der Waals surface area contributed by atoms with E-state index in [1.807, 2.05) is 30.3 Å². The molecule has 5 heteroatoms. The third kappa shape index (κ3) is 4.70. The van der Waals surface area contributed by atoms with Crippen LogP contribution in [0.25, 0.3) is 0 Å². The van der Waals surface area contributed by atoms with Crippen molar-refractivity contribution in [2.45, 2.75) is 18.6 Å². The largest absolute Gasteiger partial charge is 0.491 e. The number of ether oxygens (including phenoxy) is 1. The first-order valence-corrected chi connectivity index (χ1v) is 6.99. The van der Waals surface area contributed by atoms with Crippen LogP contribution in [0.3, 0.4) is 0 Å². The van der Waals surface area contributed by atoms with Crippen molar-refractivity contribution in [3.63, 3.8) is 0 Å². The van der Waals surface area contributed by atoms with Crippen LogP contribution in [0.1, 0.15) is 5.56 Å². The fourth-order valence-electron chi connectivity index (χ4n) is 1.89. The second-order valence-electron chi connectivity index (χ2n) is 4.81. The monoisotopic (exact) mass is 309 g/mol. The number of aliphatic hydroxyl groups excluding tert-OH is 1. The molecule has 0 aromatic heterocycles. The van der Waals surface area contributed by atoms with Crippen molar-refractivity contribution in [2.24, 2.45) is 5.73 Å². The molecule has 21 heavy (non-hydrogen) atoms. The standard InChI is InChI=1S/C16H17ClFNO2/c17-13-9-12(6-7-14(13)18)21-10-16(20)15(19)8-11-4-2-1-3-5-11/h1-7,9,15-16,20H,8,10,19H2. The summed E-state index contributed by atoms with van der Waals surface area (Å²) in [6.45, 7) is 0.0238. The van der Waals surface area contributed by atoms with E-state index in [-0.39, 0.29) is 11.6 Å². The third-order valence-corrected chi connectivity index (χ3v) is 3.41. The van der Waals surface area contributed by atoms with Crippen LogP contribution in [-0.4, -0.2) is 23.9 Å². The average molecular weight is 310 g/mol. The highest BCUT2D eigenvalue weighted by Gasteiger charge is 2.16. The molecule has 0 saturated heterocycles. The number of aliphatic hydroxyl groups is 1. The molecule has 3 N–H and O–H groups in total. The lowest BCUT2D eigenvalue weighted by Crippen LogP contribution is -2.40. The van der Waals surface area contributed by atoms with Gasteiger partial charge in [0.15, 0.2) is 0 Å². The van der Waals surface area contributed by atoms with E-state index in [2.05, 4.69) is 0 Å². The fraction of sp³-hybridized carbons (Fsp3) is 0.250. The SMILES string of the molecule is NC(Cc1ccccc1)C(O)COc1ccc(F)c(Cl)c1. The molecule has 112 valence electrons. The third-order valence-electron chi connectivity index (χ3n) is 3.12. The molecule has 0 heterocycles. The van der Waals surface area contributed by atoms with Crippen molar-refractivity contribution in [2.75, 3.05) is 6.61 Å². The summed E-state index contributed by atoms with van der Waals surface area (Å²) >= 11 is 5.66. The second-order valence-corrected chi connectivity index (χ2v) is 5.22. The molecule has 0 radical (unpaired) electrons. The highest BCUT2D eigenvalue weighted by Crippen LogP contribution is 2.21. The maximum Gasteiger partial charge on any atom is 0.142 e. The van der Waals surface area contributed by atoms with Crippen molar-refractivity contribution >= 4 is 11.6 Å². The topological polar surface area (TPSA) is 55.5 Å². The van der Waals surface area contributed by atoms with Gasteiger partial charge in [-0.3, -0.25) is 0 Å². The molecule has 3 nitrogen and oxygen atoms in total. The number of hydrogen-bond donors (Lipinski definition) is 2. The molecule has 0 aliphatic carbocycles. The number of nitrogens with two attached hydrogens (primary N) is 1. The second kappa shape index (κ2) is 7.41. The summed E-state index contributed by atoms with van der Waals surface area (Å²) in [7, 11) is 0. The van der Waals surface area contributed by atoms with Gasteiger partial charge in [-0.1, -0.05) is 41.9 Å². The number of hydrogen-bond acceptors (Lipinski definition) is 3. The lowest BCUT2D eigenvalue weighted by Gasteiger charge is -2.19. The minimum atomic E-state index is -0.825. The summed E-state index contributed by atoms with van der Waals surface area (Å²) in [5.41, 5.74) is 7.00. The molecule has 0 amide bonds. The van der Waals surface area contributed by atoms with Gasteiger partial charge in [-0.15, -0.1) is 0 Å². The van der Waals surface area contributed by atoms with Crippen molar-refractivity contribution < 1.29 is 14.2 Å². The van der Waals surface area contributed by atoms with E-state index in [1.54, 1.807) is 0 Å². The Kier molecular flexibility index (Phi) is 5.56. The Hall–Kier alpha value is -1.62. The lowest BCUT2D eigenvalue weighted by molar-refractivity contribution is 0.0851. The first kappa shape index (κ1) is 15.8. The Morgan fingerprint density at radius 1 is 1.19 bits per heavy atom. The van der Waals surface area contributed by atoms with Crippen LogP contribution in [0.4, 0.5) is 4.39 Å². The van der Waals surface area contributed by atoms with Crippen molar-refractivity contribution in [1.29, 1.82) is 0 Å². The molecular formula is C16H17ClFNO2. The van der Waals surface area contributed by atoms with E-state index in [4.69, 9.17) is 22.1 Å². The minimum absolute atomic E-state index is 0.0180. The minimum Gasteiger partial charge on any atom is -0.491 e. The van der Waals surface area contributed by atoms with Crippen LogP contribution in [0.5, 0.6) is 5.75 Å². The summed E-state index contributed by atoms with van der Waals surface area (Å²) in [5, 5.41) is 9.99. The molecule has 2 aromatic rings. The molecule has 2 unspecified atom stereocenters. The Labute approximate surface area is 128 Å². The molecule has 0 saturated carbocycles. The maximum absolute atomic E-state index is 13.0. The number of benzene rings is 2. The van der Waals surface area contributed by atoms with Crippen LogP contribution >= 0.6 is 11.6 Å². The Morgan fingerprint density at radius 3 is 2.57 bits per heavy atom. The van der Waals surface area contributed by atoms with Crippen LogP contribution in [0.15, 0.2) is 48.5 Å². The van der Waals surface area contributed by atoms with Gasteiger partial charge in [-0.05, 0) is 24.1 Å². The number of halogens is 2. The Morgan fingerprint density at radius 2 is 1.90 bits per heavy atom. The first-order chi connectivity index (χ1) is 10.1. The van der Waals surface area contributed by atoms with Crippen molar-refractivity contribution in [1.82, 2.24) is 0 Å². The molecule has 0 fully saturated rings. The predicted molar refractivity (Wildman–Crippen MR) is 81.0 cm³/mol. The molecule has 0 spiro atoms. The summed E-state index contributed by atoms with van der Waals surface area (Å²) < 4.78 is 18.4. The maximum atomic E-state index is 13.0. The molecule has 2 rings (SSSR count). The summed E-state index contributed by atoms with van der Waals surface area (Å²) in [4.78, 5) is 0. The van der Waals surface area contributed by atoms with Gasteiger partial charge in [-0.25, -0.2) is 4.39 Å². The van der Waals surface area contributed by atoms with E-state index in [1.165, 1.54) is 18.2 Å².